The third kappa shape index (κ3) is 3.67. The molecule has 1 atom stereocenters. The van der Waals surface area contributed by atoms with Crippen LogP contribution in [0.2, 0.25) is 5.02 Å². The van der Waals surface area contributed by atoms with Gasteiger partial charge in [-0.15, -0.1) is 0 Å². The Balaban J connectivity index is 1.61. The minimum atomic E-state index is -0.387. The molecule has 1 unspecified atom stereocenters. The second-order valence-corrected chi connectivity index (χ2v) is 5.68. The van der Waals surface area contributed by atoms with Crippen molar-refractivity contribution < 1.29 is 14.3 Å². The molecule has 3 rings (SSSR count). The quantitative estimate of drug-likeness (QED) is 0.811. The summed E-state index contributed by atoms with van der Waals surface area (Å²) < 4.78 is 12.4. The molecule has 6 heteroatoms. The molecule has 0 spiro atoms. The number of rotatable bonds is 4. The van der Waals surface area contributed by atoms with Gasteiger partial charge in [0.1, 0.15) is 6.61 Å². The van der Waals surface area contributed by atoms with Gasteiger partial charge in [0.05, 0.1) is 23.6 Å². The molecule has 0 amide bonds. The number of nitrogens with zero attached hydrogens (tertiary/aromatic N) is 2. The molecule has 116 valence electrons. The summed E-state index contributed by atoms with van der Waals surface area (Å²) in [6, 6.07) is 7.26. The maximum absolute atomic E-state index is 12.0. The Kier molecular flexibility index (Phi) is 4.75. The predicted octanol–water partition coefficient (Wildman–Crippen LogP) is 3.25. The van der Waals surface area contributed by atoms with E-state index in [1.807, 2.05) is 12.1 Å². The first kappa shape index (κ1) is 15.1. The number of hydrogen-bond acceptors (Lipinski definition) is 4. The van der Waals surface area contributed by atoms with Crippen molar-refractivity contribution >= 4 is 17.6 Å². The van der Waals surface area contributed by atoms with Crippen LogP contribution >= 0.6 is 11.6 Å². The van der Waals surface area contributed by atoms with E-state index >= 15 is 0 Å². The van der Waals surface area contributed by atoms with E-state index in [-0.39, 0.29) is 12.1 Å². The summed E-state index contributed by atoms with van der Waals surface area (Å²) in [5.74, 6) is -0.387. The fraction of sp³-hybridized carbons (Fsp3) is 0.375. The lowest BCUT2D eigenvalue weighted by molar-refractivity contribution is -0.0300. The van der Waals surface area contributed by atoms with Crippen LogP contribution in [0.15, 0.2) is 36.7 Å². The lowest BCUT2D eigenvalue weighted by Crippen LogP contribution is -2.25. The Bertz CT molecular complexity index is 650. The van der Waals surface area contributed by atoms with Crippen LogP contribution in [0.4, 0.5) is 0 Å². The molecular formula is C16H17ClN2O3. The monoisotopic (exact) mass is 320 g/mol. The lowest BCUT2D eigenvalue weighted by Gasteiger charge is -2.21. The highest BCUT2D eigenvalue weighted by atomic mass is 35.5. The molecule has 2 heterocycles. The van der Waals surface area contributed by atoms with Gasteiger partial charge in [0.2, 0.25) is 0 Å². The highest BCUT2D eigenvalue weighted by Crippen LogP contribution is 2.16. The Hall–Kier alpha value is -1.85. The fourth-order valence-electron chi connectivity index (χ4n) is 2.38. The van der Waals surface area contributed by atoms with Crippen LogP contribution in [0, 0.1) is 0 Å². The summed E-state index contributed by atoms with van der Waals surface area (Å²) in [6.07, 6.45) is 6.28. The SMILES string of the molecule is O=C(OCC1CCCCO1)c1cnn(-c2cccc(Cl)c2)c1. The van der Waals surface area contributed by atoms with Gasteiger partial charge in [0.15, 0.2) is 0 Å². The summed E-state index contributed by atoms with van der Waals surface area (Å²) in [5, 5.41) is 4.79. The van der Waals surface area contributed by atoms with Crippen LogP contribution in [0.1, 0.15) is 29.6 Å². The second kappa shape index (κ2) is 6.94. The largest absolute Gasteiger partial charge is 0.459 e. The molecule has 0 bridgehead atoms. The first-order valence-corrected chi connectivity index (χ1v) is 7.69. The number of ether oxygens (including phenoxy) is 2. The van der Waals surface area contributed by atoms with Crippen molar-refractivity contribution in [2.75, 3.05) is 13.2 Å². The molecule has 1 aliphatic rings. The summed E-state index contributed by atoms with van der Waals surface area (Å²) in [5.41, 5.74) is 1.21. The van der Waals surface area contributed by atoms with E-state index in [4.69, 9.17) is 21.1 Å². The number of aromatic nitrogens is 2. The van der Waals surface area contributed by atoms with E-state index in [0.29, 0.717) is 17.2 Å². The molecule has 1 saturated heterocycles. The van der Waals surface area contributed by atoms with Gasteiger partial charge in [-0.3, -0.25) is 0 Å². The first-order chi connectivity index (χ1) is 10.7. The van der Waals surface area contributed by atoms with Crippen LogP contribution < -0.4 is 0 Å². The minimum absolute atomic E-state index is 0.0145. The lowest BCUT2D eigenvalue weighted by atomic mass is 10.1. The maximum Gasteiger partial charge on any atom is 0.341 e. The van der Waals surface area contributed by atoms with Gasteiger partial charge < -0.3 is 9.47 Å². The van der Waals surface area contributed by atoms with Gasteiger partial charge in [-0.25, -0.2) is 9.48 Å². The molecule has 1 aromatic carbocycles. The van der Waals surface area contributed by atoms with Crippen LogP contribution in [-0.2, 0) is 9.47 Å². The standard InChI is InChI=1S/C16H17ClN2O3/c17-13-4-3-5-14(8-13)19-10-12(9-18-19)16(20)22-11-15-6-1-2-7-21-15/h3-5,8-10,15H,1-2,6-7,11H2. The van der Waals surface area contributed by atoms with Gasteiger partial charge in [-0.2, -0.15) is 5.10 Å². The number of esters is 1. The summed E-state index contributed by atoms with van der Waals surface area (Å²) in [7, 11) is 0. The van der Waals surface area contributed by atoms with Crippen molar-refractivity contribution in [3.8, 4) is 5.69 Å². The van der Waals surface area contributed by atoms with Crippen LogP contribution in [0.3, 0.4) is 0 Å². The van der Waals surface area contributed by atoms with Crippen LogP contribution in [-0.4, -0.2) is 35.1 Å². The normalized spacial score (nSPS) is 18.1. The molecular weight excluding hydrogens is 304 g/mol. The topological polar surface area (TPSA) is 53.4 Å². The summed E-state index contributed by atoms with van der Waals surface area (Å²) in [6.45, 7) is 1.04. The zero-order valence-electron chi connectivity index (χ0n) is 12.1. The Morgan fingerprint density at radius 2 is 2.36 bits per heavy atom. The van der Waals surface area contributed by atoms with E-state index in [2.05, 4.69) is 5.10 Å². The number of carbonyl (C=O) groups excluding carboxylic acids is 1. The zero-order valence-corrected chi connectivity index (χ0v) is 12.8. The van der Waals surface area contributed by atoms with Gasteiger partial charge in [-0.05, 0) is 37.5 Å². The predicted molar refractivity (Wildman–Crippen MR) is 82.4 cm³/mol. The van der Waals surface area contributed by atoms with Crippen molar-refractivity contribution in [1.82, 2.24) is 9.78 Å². The van der Waals surface area contributed by atoms with Crippen molar-refractivity contribution in [3.05, 3.63) is 47.2 Å². The first-order valence-electron chi connectivity index (χ1n) is 7.32. The summed E-state index contributed by atoms with van der Waals surface area (Å²) in [4.78, 5) is 12.0. The van der Waals surface area contributed by atoms with E-state index in [0.717, 1.165) is 31.6 Å². The third-order valence-electron chi connectivity index (χ3n) is 3.57. The van der Waals surface area contributed by atoms with Crippen molar-refractivity contribution in [1.29, 1.82) is 0 Å². The van der Waals surface area contributed by atoms with E-state index in [1.54, 1.807) is 23.0 Å². The van der Waals surface area contributed by atoms with Crippen molar-refractivity contribution in [3.63, 3.8) is 0 Å². The Morgan fingerprint density at radius 1 is 1.45 bits per heavy atom. The number of hydrogen-bond donors (Lipinski definition) is 0. The molecule has 0 saturated carbocycles. The van der Waals surface area contributed by atoms with Crippen LogP contribution in [0.25, 0.3) is 5.69 Å². The highest BCUT2D eigenvalue weighted by molar-refractivity contribution is 6.30. The molecule has 22 heavy (non-hydrogen) atoms. The molecule has 0 N–H and O–H groups in total. The Morgan fingerprint density at radius 3 is 3.14 bits per heavy atom. The molecule has 1 fully saturated rings. The van der Waals surface area contributed by atoms with Gasteiger partial charge in [-0.1, -0.05) is 17.7 Å². The number of benzene rings is 1. The van der Waals surface area contributed by atoms with Crippen LogP contribution in [0.5, 0.6) is 0 Å². The molecule has 2 aromatic rings. The van der Waals surface area contributed by atoms with Gasteiger partial charge in [0, 0.05) is 17.8 Å². The Labute approximate surface area is 133 Å². The van der Waals surface area contributed by atoms with Crippen molar-refractivity contribution in [2.24, 2.45) is 0 Å². The molecule has 1 aliphatic heterocycles. The molecule has 1 aromatic heterocycles. The smallest absolute Gasteiger partial charge is 0.341 e. The van der Waals surface area contributed by atoms with Gasteiger partial charge in [0.25, 0.3) is 0 Å². The average Bonchev–Trinajstić information content (AvgIpc) is 3.04. The maximum atomic E-state index is 12.0. The van der Waals surface area contributed by atoms with E-state index < -0.39 is 0 Å². The highest BCUT2D eigenvalue weighted by Gasteiger charge is 2.17. The fourth-order valence-corrected chi connectivity index (χ4v) is 2.56. The third-order valence-corrected chi connectivity index (χ3v) is 3.80. The molecule has 5 nitrogen and oxygen atoms in total. The van der Waals surface area contributed by atoms with Crippen molar-refractivity contribution in [2.45, 2.75) is 25.4 Å². The summed E-state index contributed by atoms with van der Waals surface area (Å²) >= 11 is 5.95. The second-order valence-electron chi connectivity index (χ2n) is 5.24. The average molecular weight is 321 g/mol. The molecule has 0 aliphatic carbocycles. The number of carbonyl (C=O) groups is 1. The number of halogens is 1. The molecule has 0 radical (unpaired) electrons. The van der Waals surface area contributed by atoms with E-state index in [1.165, 1.54) is 6.20 Å². The minimum Gasteiger partial charge on any atom is -0.459 e. The zero-order chi connectivity index (χ0) is 15.4. The van der Waals surface area contributed by atoms with E-state index in [9.17, 15) is 4.79 Å². The van der Waals surface area contributed by atoms with Gasteiger partial charge >= 0.3 is 5.97 Å².